The number of benzene rings is 3. The first-order valence-corrected chi connectivity index (χ1v) is 9.66. The molecule has 0 spiro atoms. The lowest BCUT2D eigenvalue weighted by Gasteiger charge is -2.23. The summed E-state index contributed by atoms with van der Waals surface area (Å²) in [6, 6.07) is 8.33. The van der Waals surface area contributed by atoms with Crippen molar-refractivity contribution in [1.82, 2.24) is 0 Å². The van der Waals surface area contributed by atoms with Crippen molar-refractivity contribution >= 4 is 23.2 Å². The fourth-order valence-corrected chi connectivity index (χ4v) is 3.62. The molecule has 9 heteroatoms. The van der Waals surface area contributed by atoms with E-state index in [1.165, 1.54) is 24.3 Å². The summed E-state index contributed by atoms with van der Waals surface area (Å²) >= 11 is 5.96. The summed E-state index contributed by atoms with van der Waals surface area (Å²) < 4.78 is 0. The Morgan fingerprint density at radius 2 is 1.03 bits per heavy atom. The van der Waals surface area contributed by atoms with Crippen molar-refractivity contribution in [3.8, 4) is 34.5 Å². The van der Waals surface area contributed by atoms with Crippen LogP contribution in [-0.2, 0) is 0 Å². The molecular weight excluding hydrogens is 440 g/mol. The van der Waals surface area contributed by atoms with Gasteiger partial charge >= 0.3 is 0 Å². The van der Waals surface area contributed by atoms with Gasteiger partial charge in [-0.3, -0.25) is 9.59 Å². The monoisotopic (exact) mass is 458 g/mol. The van der Waals surface area contributed by atoms with E-state index in [9.17, 15) is 40.2 Å². The number of rotatable bonds is 5. The molecule has 0 aliphatic heterocycles. The minimum atomic E-state index is -1.17. The molecular formula is C23H19ClO8. The molecule has 0 saturated heterocycles. The van der Waals surface area contributed by atoms with Crippen LogP contribution < -0.4 is 0 Å². The molecule has 8 nitrogen and oxygen atoms in total. The van der Waals surface area contributed by atoms with Crippen LogP contribution in [0.4, 0.5) is 0 Å². The molecule has 0 amide bonds. The Morgan fingerprint density at radius 1 is 0.656 bits per heavy atom. The first-order chi connectivity index (χ1) is 15.0. The molecule has 0 saturated carbocycles. The number of phenols is 6. The van der Waals surface area contributed by atoms with Crippen LogP contribution >= 0.6 is 11.6 Å². The number of aromatic hydroxyl groups is 6. The van der Waals surface area contributed by atoms with Gasteiger partial charge in [-0.2, -0.15) is 0 Å². The van der Waals surface area contributed by atoms with Gasteiger partial charge in [0.2, 0.25) is 11.5 Å². The van der Waals surface area contributed by atoms with Crippen LogP contribution in [-0.4, -0.2) is 42.2 Å². The third kappa shape index (κ3) is 3.76. The van der Waals surface area contributed by atoms with Crippen molar-refractivity contribution in [2.45, 2.75) is 19.8 Å². The number of ketones is 2. The molecule has 0 bridgehead atoms. The first kappa shape index (κ1) is 22.8. The van der Waals surface area contributed by atoms with Gasteiger partial charge in [-0.1, -0.05) is 23.7 Å². The van der Waals surface area contributed by atoms with Crippen molar-refractivity contribution in [3.05, 3.63) is 69.2 Å². The number of hydrogen-bond acceptors (Lipinski definition) is 8. The maximum absolute atomic E-state index is 12.0. The quantitative estimate of drug-likeness (QED) is 0.189. The van der Waals surface area contributed by atoms with Crippen LogP contribution in [0.3, 0.4) is 0 Å². The summed E-state index contributed by atoms with van der Waals surface area (Å²) in [4.78, 5) is 24.0. The van der Waals surface area contributed by atoms with Gasteiger partial charge < -0.3 is 30.6 Å². The predicted molar refractivity (Wildman–Crippen MR) is 115 cm³/mol. The van der Waals surface area contributed by atoms with Crippen molar-refractivity contribution < 1.29 is 40.2 Å². The summed E-state index contributed by atoms with van der Waals surface area (Å²) in [5.74, 6) is -7.53. The maximum atomic E-state index is 12.0. The minimum Gasteiger partial charge on any atom is -0.504 e. The number of carbonyl (C=O) groups excluding carboxylic acids is 2. The Bertz CT molecular complexity index is 1170. The van der Waals surface area contributed by atoms with Crippen molar-refractivity contribution in [3.63, 3.8) is 0 Å². The fraction of sp³-hybridized carbons (Fsp3) is 0.130. The van der Waals surface area contributed by atoms with Crippen molar-refractivity contribution in [2.75, 3.05) is 0 Å². The Balaban J connectivity index is 2.46. The highest BCUT2D eigenvalue weighted by Crippen LogP contribution is 2.51. The molecule has 0 fully saturated rings. The maximum Gasteiger partial charge on any atom is 0.201 e. The molecule has 3 rings (SSSR count). The molecule has 6 N–H and O–H groups in total. The number of hydrogen-bond donors (Lipinski definition) is 6. The number of carbonyl (C=O) groups is 2. The molecule has 0 unspecified atom stereocenters. The van der Waals surface area contributed by atoms with Crippen molar-refractivity contribution in [2.24, 2.45) is 0 Å². The summed E-state index contributed by atoms with van der Waals surface area (Å²) in [7, 11) is 0. The molecule has 0 atom stereocenters. The van der Waals surface area contributed by atoms with Crippen LogP contribution in [0, 0.1) is 0 Å². The van der Waals surface area contributed by atoms with E-state index in [-0.39, 0.29) is 22.3 Å². The van der Waals surface area contributed by atoms with Crippen LogP contribution in [0.5, 0.6) is 34.5 Å². The molecule has 3 aromatic carbocycles. The highest BCUT2D eigenvalue weighted by atomic mass is 35.5. The third-order valence-corrected chi connectivity index (χ3v) is 5.39. The second-order valence-electron chi connectivity index (χ2n) is 7.22. The first-order valence-electron chi connectivity index (χ1n) is 9.28. The predicted octanol–water partition coefficient (Wildman–Crippen LogP) is 4.16. The second kappa shape index (κ2) is 8.32. The largest absolute Gasteiger partial charge is 0.504 e. The zero-order valence-electron chi connectivity index (χ0n) is 16.9. The van der Waals surface area contributed by atoms with Crippen LogP contribution in [0.25, 0.3) is 0 Å². The lowest BCUT2D eigenvalue weighted by Crippen LogP contribution is -2.08. The summed E-state index contributed by atoms with van der Waals surface area (Å²) in [6.45, 7) is 2.29. The van der Waals surface area contributed by atoms with E-state index in [0.29, 0.717) is 10.6 Å². The molecule has 0 heterocycles. The Morgan fingerprint density at radius 3 is 1.38 bits per heavy atom. The molecule has 0 aromatic heterocycles. The van der Waals surface area contributed by atoms with E-state index in [1.54, 1.807) is 0 Å². The minimum absolute atomic E-state index is 0.122. The topological polar surface area (TPSA) is 156 Å². The number of phenolic OH excluding ortho intramolecular Hbond substituents is 6. The lowest BCUT2D eigenvalue weighted by atomic mass is 9.81. The van der Waals surface area contributed by atoms with E-state index in [1.807, 2.05) is 0 Å². The highest BCUT2D eigenvalue weighted by Gasteiger charge is 2.31. The molecule has 32 heavy (non-hydrogen) atoms. The lowest BCUT2D eigenvalue weighted by molar-refractivity contribution is 0.100. The zero-order valence-corrected chi connectivity index (χ0v) is 17.7. The number of Topliss-reactive ketones (excluding diaryl/α,β-unsaturated/α-hetero) is 2. The second-order valence-corrected chi connectivity index (χ2v) is 7.65. The van der Waals surface area contributed by atoms with Crippen LogP contribution in [0.2, 0.25) is 5.02 Å². The van der Waals surface area contributed by atoms with Crippen LogP contribution in [0.15, 0.2) is 36.4 Å². The van der Waals surface area contributed by atoms with E-state index >= 15 is 0 Å². The average molecular weight is 459 g/mol. The van der Waals surface area contributed by atoms with Gasteiger partial charge in [-0.05, 0) is 43.7 Å². The standard InChI is InChI=1S/C23H19ClO8/c1-9(25)13-7-15(20(29)22(31)18(13)27)17(11-3-5-12(24)6-4-11)16-8-14(10(2)26)19(28)23(32)21(16)30/h3-8,17,27-32H,1-2H3. The van der Waals surface area contributed by atoms with Gasteiger partial charge in [0, 0.05) is 22.1 Å². The summed E-state index contributed by atoms with van der Waals surface area (Å²) in [5.41, 5.74) is -0.475. The van der Waals surface area contributed by atoms with E-state index in [2.05, 4.69) is 0 Å². The molecule has 0 aliphatic rings. The van der Waals surface area contributed by atoms with Gasteiger partial charge in [0.25, 0.3) is 0 Å². The zero-order chi connectivity index (χ0) is 23.9. The molecule has 3 aromatic rings. The van der Waals surface area contributed by atoms with E-state index in [0.717, 1.165) is 26.0 Å². The van der Waals surface area contributed by atoms with Gasteiger partial charge in [0.05, 0.1) is 11.1 Å². The summed E-state index contributed by atoms with van der Waals surface area (Å²) in [6.07, 6.45) is 0. The van der Waals surface area contributed by atoms with Gasteiger partial charge in [-0.25, -0.2) is 0 Å². The van der Waals surface area contributed by atoms with Gasteiger partial charge in [-0.15, -0.1) is 0 Å². The number of halogens is 1. The SMILES string of the molecule is CC(=O)c1cc(C(c2ccc(Cl)cc2)c2cc(C(C)=O)c(O)c(O)c2O)c(O)c(O)c1O. The van der Waals surface area contributed by atoms with Gasteiger partial charge in [0.1, 0.15) is 0 Å². The van der Waals surface area contributed by atoms with Crippen molar-refractivity contribution in [1.29, 1.82) is 0 Å². The van der Waals surface area contributed by atoms with E-state index in [4.69, 9.17) is 11.6 Å². The Hall–Kier alpha value is -3.91. The molecule has 166 valence electrons. The third-order valence-electron chi connectivity index (χ3n) is 5.14. The summed E-state index contributed by atoms with van der Waals surface area (Å²) in [5, 5.41) is 62.2. The molecule has 0 radical (unpaired) electrons. The Labute approximate surface area is 187 Å². The highest BCUT2D eigenvalue weighted by molar-refractivity contribution is 6.30. The fourth-order valence-electron chi connectivity index (χ4n) is 3.50. The van der Waals surface area contributed by atoms with Gasteiger partial charge in [0.15, 0.2) is 34.6 Å². The normalized spacial score (nSPS) is 11.0. The van der Waals surface area contributed by atoms with Crippen LogP contribution in [0.1, 0.15) is 57.2 Å². The molecule has 0 aliphatic carbocycles. The smallest absolute Gasteiger partial charge is 0.201 e. The van der Waals surface area contributed by atoms with E-state index < -0.39 is 52.0 Å². The Kier molecular flexibility index (Phi) is 5.92. The average Bonchev–Trinajstić information content (AvgIpc) is 2.74.